The fourth-order valence-corrected chi connectivity index (χ4v) is 4.00. The maximum Gasteiger partial charge on any atom is 0.254 e. The first-order valence-corrected chi connectivity index (χ1v) is 9.26. The second kappa shape index (κ2) is 6.86. The van der Waals surface area contributed by atoms with E-state index < -0.39 is 0 Å². The number of likely N-dealkylation sites (tertiary alicyclic amines) is 1. The molecule has 6 nitrogen and oxygen atoms in total. The molecule has 0 radical (unpaired) electrons. The Balaban J connectivity index is 1.60. The summed E-state index contributed by atoms with van der Waals surface area (Å²) in [6, 6.07) is 3.89. The lowest BCUT2D eigenvalue weighted by atomic mass is 9.96. The third-order valence-corrected chi connectivity index (χ3v) is 5.39. The number of amides is 1. The summed E-state index contributed by atoms with van der Waals surface area (Å²) in [7, 11) is 0. The van der Waals surface area contributed by atoms with Gasteiger partial charge in [-0.15, -0.1) is 0 Å². The molecule has 2 fully saturated rings. The SMILES string of the molecule is Cc1cn[nH]c1[C@H]1CCCCN1C(=O)c1ccnc(N2CCCC2)c1. The summed E-state index contributed by atoms with van der Waals surface area (Å²) in [6.07, 6.45) is 9.19. The van der Waals surface area contributed by atoms with E-state index in [1.54, 1.807) is 6.20 Å². The average Bonchev–Trinajstić information content (AvgIpc) is 3.33. The number of hydrogen-bond acceptors (Lipinski definition) is 4. The van der Waals surface area contributed by atoms with Gasteiger partial charge in [0.15, 0.2) is 0 Å². The Morgan fingerprint density at radius 2 is 2.00 bits per heavy atom. The van der Waals surface area contributed by atoms with Gasteiger partial charge in [0, 0.05) is 31.4 Å². The molecule has 0 aromatic carbocycles. The molecule has 25 heavy (non-hydrogen) atoms. The number of carbonyl (C=O) groups excluding carboxylic acids is 1. The van der Waals surface area contributed by atoms with Gasteiger partial charge >= 0.3 is 0 Å². The van der Waals surface area contributed by atoms with Crippen LogP contribution >= 0.6 is 0 Å². The molecule has 0 saturated carbocycles. The van der Waals surface area contributed by atoms with Gasteiger partial charge in [-0.05, 0) is 56.7 Å². The summed E-state index contributed by atoms with van der Waals surface area (Å²) in [5.74, 6) is 1.02. The number of aryl methyl sites for hydroxylation is 1. The van der Waals surface area contributed by atoms with E-state index in [-0.39, 0.29) is 11.9 Å². The zero-order valence-electron chi connectivity index (χ0n) is 14.7. The molecule has 2 aromatic rings. The number of nitrogens with one attached hydrogen (secondary N) is 1. The summed E-state index contributed by atoms with van der Waals surface area (Å²) in [5.41, 5.74) is 2.93. The summed E-state index contributed by atoms with van der Waals surface area (Å²) in [5, 5.41) is 7.25. The van der Waals surface area contributed by atoms with Crippen LogP contribution in [0, 0.1) is 6.92 Å². The highest BCUT2D eigenvalue weighted by molar-refractivity contribution is 5.95. The van der Waals surface area contributed by atoms with Gasteiger partial charge in [-0.25, -0.2) is 4.98 Å². The topological polar surface area (TPSA) is 65.1 Å². The molecule has 1 amide bonds. The van der Waals surface area contributed by atoms with Crippen molar-refractivity contribution in [2.75, 3.05) is 24.5 Å². The van der Waals surface area contributed by atoms with Crippen LogP contribution in [0.2, 0.25) is 0 Å². The number of aromatic nitrogens is 3. The fourth-order valence-electron chi connectivity index (χ4n) is 4.00. The molecule has 2 aromatic heterocycles. The quantitative estimate of drug-likeness (QED) is 0.933. The molecule has 0 spiro atoms. The van der Waals surface area contributed by atoms with Crippen molar-refractivity contribution in [3.63, 3.8) is 0 Å². The number of anilines is 1. The first-order valence-electron chi connectivity index (χ1n) is 9.26. The molecular formula is C19H25N5O. The molecule has 2 aliphatic rings. The number of pyridine rings is 1. The molecule has 4 heterocycles. The Morgan fingerprint density at radius 1 is 1.20 bits per heavy atom. The number of rotatable bonds is 3. The Kier molecular flexibility index (Phi) is 4.42. The highest BCUT2D eigenvalue weighted by atomic mass is 16.2. The molecule has 0 bridgehead atoms. The van der Waals surface area contributed by atoms with E-state index in [1.807, 2.05) is 30.2 Å². The molecule has 1 N–H and O–H groups in total. The minimum absolute atomic E-state index is 0.0900. The van der Waals surface area contributed by atoms with Crippen molar-refractivity contribution in [2.45, 2.75) is 45.1 Å². The van der Waals surface area contributed by atoms with Crippen LogP contribution < -0.4 is 4.90 Å². The standard InChI is InChI=1S/C19H25N5O/c1-14-13-21-22-18(14)16-6-2-3-11-24(16)19(25)15-7-8-20-17(12-15)23-9-4-5-10-23/h7-8,12-13,16H,2-6,9-11H2,1H3,(H,21,22)/t16-/m1/s1. The number of aromatic amines is 1. The zero-order valence-corrected chi connectivity index (χ0v) is 14.7. The summed E-state index contributed by atoms with van der Waals surface area (Å²) in [6.45, 7) is 4.91. The first kappa shape index (κ1) is 16.1. The third-order valence-electron chi connectivity index (χ3n) is 5.39. The van der Waals surface area contributed by atoms with Crippen LogP contribution in [0.15, 0.2) is 24.5 Å². The number of carbonyl (C=O) groups is 1. The summed E-state index contributed by atoms with van der Waals surface area (Å²) in [4.78, 5) is 22.0. The largest absolute Gasteiger partial charge is 0.357 e. The Morgan fingerprint density at radius 3 is 2.76 bits per heavy atom. The van der Waals surface area contributed by atoms with E-state index in [1.165, 1.54) is 12.8 Å². The van der Waals surface area contributed by atoms with Crippen molar-refractivity contribution < 1.29 is 4.79 Å². The predicted octanol–water partition coefficient (Wildman–Crippen LogP) is 3.08. The van der Waals surface area contributed by atoms with Crippen molar-refractivity contribution in [3.8, 4) is 0 Å². The van der Waals surface area contributed by atoms with Gasteiger partial charge in [0.05, 0.1) is 17.9 Å². The highest BCUT2D eigenvalue weighted by Gasteiger charge is 2.31. The monoisotopic (exact) mass is 339 g/mol. The molecule has 6 heteroatoms. The third kappa shape index (κ3) is 3.13. The minimum atomic E-state index is 0.0900. The first-order chi connectivity index (χ1) is 12.2. The normalized spacial score (nSPS) is 20.9. The number of H-pyrrole nitrogens is 1. The lowest BCUT2D eigenvalue weighted by molar-refractivity contribution is 0.0605. The average molecular weight is 339 g/mol. The molecule has 0 aliphatic carbocycles. The predicted molar refractivity (Wildman–Crippen MR) is 96.6 cm³/mol. The van der Waals surface area contributed by atoms with Crippen molar-refractivity contribution in [1.29, 1.82) is 0 Å². The van der Waals surface area contributed by atoms with Crippen LogP contribution in [-0.4, -0.2) is 45.6 Å². The van der Waals surface area contributed by atoms with Crippen molar-refractivity contribution in [3.05, 3.63) is 41.3 Å². The van der Waals surface area contributed by atoms with E-state index in [2.05, 4.69) is 20.1 Å². The summed E-state index contributed by atoms with van der Waals surface area (Å²) < 4.78 is 0. The maximum atomic E-state index is 13.2. The van der Waals surface area contributed by atoms with Crippen LogP contribution in [0.3, 0.4) is 0 Å². The van der Waals surface area contributed by atoms with E-state index >= 15 is 0 Å². The van der Waals surface area contributed by atoms with Crippen molar-refractivity contribution >= 4 is 11.7 Å². The van der Waals surface area contributed by atoms with E-state index in [0.29, 0.717) is 0 Å². The number of nitrogens with zero attached hydrogens (tertiary/aromatic N) is 4. The summed E-state index contributed by atoms with van der Waals surface area (Å²) >= 11 is 0. The molecule has 1 atom stereocenters. The lowest BCUT2D eigenvalue weighted by Gasteiger charge is -2.35. The van der Waals surface area contributed by atoms with E-state index in [9.17, 15) is 4.79 Å². The Labute approximate surface area is 148 Å². The molecule has 2 aliphatic heterocycles. The van der Waals surface area contributed by atoms with Gasteiger partial charge in [0.2, 0.25) is 0 Å². The smallest absolute Gasteiger partial charge is 0.254 e. The van der Waals surface area contributed by atoms with Gasteiger partial charge in [-0.2, -0.15) is 5.10 Å². The lowest BCUT2D eigenvalue weighted by Crippen LogP contribution is -2.39. The van der Waals surface area contributed by atoms with Gasteiger partial charge in [0.1, 0.15) is 5.82 Å². The fraction of sp³-hybridized carbons (Fsp3) is 0.526. The number of piperidine rings is 1. The van der Waals surface area contributed by atoms with E-state index in [4.69, 9.17) is 0 Å². The van der Waals surface area contributed by atoms with Crippen LogP contribution in [0.25, 0.3) is 0 Å². The van der Waals surface area contributed by atoms with Crippen molar-refractivity contribution in [1.82, 2.24) is 20.1 Å². The molecular weight excluding hydrogens is 314 g/mol. The molecule has 0 unspecified atom stereocenters. The van der Waals surface area contributed by atoms with Gasteiger partial charge in [0.25, 0.3) is 5.91 Å². The molecule has 4 rings (SSSR count). The second-order valence-electron chi connectivity index (χ2n) is 7.07. The van der Waals surface area contributed by atoms with Gasteiger partial charge in [-0.3, -0.25) is 9.89 Å². The molecule has 2 saturated heterocycles. The number of hydrogen-bond donors (Lipinski definition) is 1. The second-order valence-corrected chi connectivity index (χ2v) is 7.07. The highest BCUT2D eigenvalue weighted by Crippen LogP contribution is 2.33. The van der Waals surface area contributed by atoms with Gasteiger partial charge < -0.3 is 9.80 Å². The van der Waals surface area contributed by atoms with Crippen molar-refractivity contribution in [2.24, 2.45) is 0 Å². The Bertz CT molecular complexity index is 750. The Hall–Kier alpha value is -2.37. The minimum Gasteiger partial charge on any atom is -0.357 e. The van der Waals surface area contributed by atoms with Crippen LogP contribution in [0.4, 0.5) is 5.82 Å². The van der Waals surface area contributed by atoms with E-state index in [0.717, 1.165) is 61.5 Å². The van der Waals surface area contributed by atoms with Crippen LogP contribution in [0.1, 0.15) is 59.8 Å². The molecule has 132 valence electrons. The van der Waals surface area contributed by atoms with Crippen LogP contribution in [-0.2, 0) is 0 Å². The maximum absolute atomic E-state index is 13.2. The van der Waals surface area contributed by atoms with Crippen LogP contribution in [0.5, 0.6) is 0 Å². The van der Waals surface area contributed by atoms with Gasteiger partial charge in [-0.1, -0.05) is 0 Å². The zero-order chi connectivity index (χ0) is 17.2.